The lowest BCUT2D eigenvalue weighted by Gasteiger charge is -2.22. The molecule has 0 spiro atoms. The Morgan fingerprint density at radius 3 is 2.50 bits per heavy atom. The van der Waals surface area contributed by atoms with E-state index >= 15 is 8.78 Å². The van der Waals surface area contributed by atoms with E-state index in [9.17, 15) is 0 Å². The van der Waals surface area contributed by atoms with Gasteiger partial charge in [0.15, 0.2) is 17.5 Å². The molecule has 9 nitrogen and oxygen atoms in total. The molecule has 2 saturated carbocycles. The van der Waals surface area contributed by atoms with Crippen LogP contribution in [0.25, 0.3) is 11.3 Å². The third kappa shape index (κ3) is 5.29. The second-order valence-electron chi connectivity index (χ2n) is 10.4. The van der Waals surface area contributed by atoms with Gasteiger partial charge in [-0.3, -0.25) is 9.78 Å². The van der Waals surface area contributed by atoms with Crippen LogP contribution in [-0.4, -0.2) is 57.0 Å². The molecule has 2 aliphatic carbocycles. The number of aromatic nitrogens is 6. The first kappa shape index (κ1) is 26.7. The number of hydrogen-bond donors (Lipinski definition) is 2. The minimum absolute atomic E-state index is 0.165. The van der Waals surface area contributed by atoms with Crippen molar-refractivity contribution < 1.29 is 13.5 Å². The maximum atomic E-state index is 15.2. The van der Waals surface area contributed by atoms with Crippen molar-refractivity contribution in [2.24, 2.45) is 0 Å². The number of hydrogen-bond acceptors (Lipinski definition) is 8. The highest BCUT2D eigenvalue weighted by molar-refractivity contribution is 7.98. The normalized spacial score (nSPS) is 15.1. The summed E-state index contributed by atoms with van der Waals surface area (Å²) < 4.78 is 37.4. The molecule has 2 N–H and O–H groups in total. The SMILES string of the molecule is COCCn1cc(-c2nc(N(C)c3c(F)cc(SC)cc3F)nc(Nc3cc(C4CC4)[nH]n3)c2C2CC2)c(C)n1. The van der Waals surface area contributed by atoms with Crippen LogP contribution in [0, 0.1) is 18.6 Å². The van der Waals surface area contributed by atoms with Crippen molar-refractivity contribution in [3.63, 3.8) is 0 Å². The van der Waals surface area contributed by atoms with Gasteiger partial charge in [-0.1, -0.05) is 0 Å². The molecule has 0 aliphatic heterocycles. The van der Waals surface area contributed by atoms with E-state index in [0.717, 1.165) is 48.2 Å². The van der Waals surface area contributed by atoms with Gasteiger partial charge in [-0.05, 0) is 56.9 Å². The smallest absolute Gasteiger partial charge is 0.232 e. The predicted octanol–water partition coefficient (Wildman–Crippen LogP) is 6.28. The summed E-state index contributed by atoms with van der Waals surface area (Å²) in [6, 6.07) is 4.66. The van der Waals surface area contributed by atoms with E-state index in [2.05, 4.69) is 20.6 Å². The summed E-state index contributed by atoms with van der Waals surface area (Å²) in [5, 5.41) is 15.7. The molecule has 3 heterocycles. The Hall–Kier alpha value is -3.51. The highest BCUT2D eigenvalue weighted by Crippen LogP contribution is 2.49. The third-order valence-corrected chi connectivity index (χ3v) is 8.08. The largest absolute Gasteiger partial charge is 0.383 e. The maximum Gasteiger partial charge on any atom is 0.232 e. The highest BCUT2D eigenvalue weighted by atomic mass is 32.2. The monoisotopic (exact) mass is 566 g/mol. The molecule has 0 radical (unpaired) electrons. The molecule has 12 heteroatoms. The first-order valence-electron chi connectivity index (χ1n) is 13.4. The summed E-state index contributed by atoms with van der Waals surface area (Å²) in [5.74, 6) is 0.813. The molecular weight excluding hydrogens is 534 g/mol. The van der Waals surface area contributed by atoms with Crippen molar-refractivity contribution in [3.8, 4) is 11.3 Å². The number of aryl methyl sites for hydroxylation is 1. The van der Waals surface area contributed by atoms with Crippen LogP contribution in [0.5, 0.6) is 0 Å². The average molecular weight is 567 g/mol. The molecule has 210 valence electrons. The van der Waals surface area contributed by atoms with Crippen LogP contribution < -0.4 is 10.2 Å². The zero-order chi connectivity index (χ0) is 28.0. The van der Waals surface area contributed by atoms with E-state index in [1.165, 1.54) is 28.8 Å². The van der Waals surface area contributed by atoms with Crippen molar-refractivity contribution in [1.82, 2.24) is 29.9 Å². The van der Waals surface area contributed by atoms with Crippen molar-refractivity contribution in [2.45, 2.75) is 55.9 Å². The molecule has 2 fully saturated rings. The Kier molecular flexibility index (Phi) is 7.22. The van der Waals surface area contributed by atoms with Gasteiger partial charge in [-0.2, -0.15) is 15.2 Å². The molecule has 6 rings (SSSR count). The van der Waals surface area contributed by atoms with Crippen LogP contribution in [0.4, 0.5) is 32.1 Å². The molecule has 0 unspecified atom stereocenters. The zero-order valence-corrected chi connectivity index (χ0v) is 23.8. The molecule has 0 bridgehead atoms. The van der Waals surface area contributed by atoms with Crippen LogP contribution in [-0.2, 0) is 11.3 Å². The molecule has 0 amide bonds. The second-order valence-corrected chi connectivity index (χ2v) is 11.3. The Bertz CT molecular complexity index is 1520. The van der Waals surface area contributed by atoms with Gasteiger partial charge < -0.3 is 15.0 Å². The van der Waals surface area contributed by atoms with E-state index in [1.807, 2.05) is 23.9 Å². The van der Waals surface area contributed by atoms with Gasteiger partial charge in [-0.15, -0.1) is 11.8 Å². The molecule has 0 atom stereocenters. The van der Waals surface area contributed by atoms with Crippen LogP contribution in [0.3, 0.4) is 0 Å². The summed E-state index contributed by atoms with van der Waals surface area (Å²) in [5.41, 5.74) is 4.18. The molecule has 0 saturated heterocycles. The maximum absolute atomic E-state index is 15.2. The van der Waals surface area contributed by atoms with Crippen LogP contribution in [0.1, 0.15) is 54.5 Å². The number of methoxy groups -OCH3 is 1. The Labute approximate surface area is 235 Å². The van der Waals surface area contributed by atoms with Crippen molar-refractivity contribution in [3.05, 3.63) is 53.0 Å². The lowest BCUT2D eigenvalue weighted by molar-refractivity contribution is 0.183. The fourth-order valence-corrected chi connectivity index (χ4v) is 5.37. The van der Waals surface area contributed by atoms with Crippen molar-refractivity contribution in [1.29, 1.82) is 0 Å². The van der Waals surface area contributed by atoms with E-state index in [1.54, 1.807) is 20.4 Å². The number of anilines is 4. The van der Waals surface area contributed by atoms with E-state index < -0.39 is 11.6 Å². The molecule has 2 aliphatic rings. The van der Waals surface area contributed by atoms with E-state index in [4.69, 9.17) is 14.7 Å². The first-order chi connectivity index (χ1) is 19.4. The zero-order valence-electron chi connectivity index (χ0n) is 23.0. The molecule has 3 aromatic heterocycles. The Morgan fingerprint density at radius 1 is 1.12 bits per heavy atom. The van der Waals surface area contributed by atoms with Crippen LogP contribution in [0.2, 0.25) is 0 Å². The van der Waals surface area contributed by atoms with Crippen LogP contribution >= 0.6 is 11.8 Å². The summed E-state index contributed by atoms with van der Waals surface area (Å²) in [4.78, 5) is 11.6. The minimum Gasteiger partial charge on any atom is -0.383 e. The number of nitrogens with one attached hydrogen (secondary N) is 2. The molecular formula is C28H32F2N8OS. The Morgan fingerprint density at radius 2 is 1.85 bits per heavy atom. The number of nitrogens with zero attached hydrogens (tertiary/aromatic N) is 6. The van der Waals surface area contributed by atoms with Gasteiger partial charge in [0, 0.05) is 54.1 Å². The number of rotatable bonds is 11. The van der Waals surface area contributed by atoms with Gasteiger partial charge >= 0.3 is 0 Å². The summed E-state index contributed by atoms with van der Waals surface area (Å²) >= 11 is 1.28. The van der Waals surface area contributed by atoms with Gasteiger partial charge in [0.1, 0.15) is 11.5 Å². The fourth-order valence-electron chi connectivity index (χ4n) is 4.92. The lowest BCUT2D eigenvalue weighted by Crippen LogP contribution is -2.18. The van der Waals surface area contributed by atoms with E-state index in [-0.39, 0.29) is 17.6 Å². The van der Waals surface area contributed by atoms with Gasteiger partial charge in [0.25, 0.3) is 0 Å². The summed E-state index contributed by atoms with van der Waals surface area (Å²) in [6.45, 7) is 3.05. The Balaban J connectivity index is 1.49. The third-order valence-electron chi connectivity index (χ3n) is 7.37. The number of H-pyrrole nitrogens is 1. The van der Waals surface area contributed by atoms with Crippen LogP contribution in [0.15, 0.2) is 29.3 Å². The molecule has 40 heavy (non-hydrogen) atoms. The van der Waals surface area contributed by atoms with E-state index in [0.29, 0.717) is 41.3 Å². The van der Waals surface area contributed by atoms with Crippen molar-refractivity contribution >= 4 is 35.0 Å². The fraction of sp³-hybridized carbons (Fsp3) is 0.429. The standard InChI is InChI=1S/C28H32F2N8OS/c1-15-19(14-38(36-15)9-10-39-3)25-24(17-7-8-17)27(31-23-13-22(34-35-23)16-5-6-16)33-28(32-25)37(2)26-20(29)11-18(40-4)12-21(26)30/h11-14,16-17H,5-10H2,1-4H3,(H2,31,32,33,34,35). The predicted molar refractivity (Wildman–Crippen MR) is 152 cm³/mol. The van der Waals surface area contributed by atoms with Gasteiger partial charge in [-0.25, -0.2) is 13.8 Å². The molecule has 1 aromatic carbocycles. The first-order valence-corrected chi connectivity index (χ1v) is 14.6. The quantitative estimate of drug-likeness (QED) is 0.205. The summed E-state index contributed by atoms with van der Waals surface area (Å²) in [7, 11) is 3.23. The summed E-state index contributed by atoms with van der Waals surface area (Å²) in [6.07, 6.45) is 8.04. The number of benzene rings is 1. The lowest BCUT2D eigenvalue weighted by atomic mass is 10.0. The topological polar surface area (TPSA) is 96.8 Å². The van der Waals surface area contributed by atoms with Crippen molar-refractivity contribution in [2.75, 3.05) is 37.2 Å². The number of ether oxygens (including phenoxy) is 1. The highest BCUT2D eigenvalue weighted by Gasteiger charge is 2.34. The van der Waals surface area contributed by atoms with Gasteiger partial charge in [0.05, 0.1) is 24.5 Å². The average Bonchev–Trinajstić information content (AvgIpc) is 3.87. The second kappa shape index (κ2) is 10.8. The van der Waals surface area contributed by atoms with Gasteiger partial charge in [0.2, 0.25) is 5.95 Å². The number of thioether (sulfide) groups is 1. The number of aromatic amines is 1. The number of halogens is 2. The molecule has 4 aromatic rings. The minimum atomic E-state index is -0.678.